The van der Waals surface area contributed by atoms with Crippen LogP contribution >= 0.6 is 0 Å². The molecule has 4 saturated carbocycles. The van der Waals surface area contributed by atoms with Gasteiger partial charge < -0.3 is 9.47 Å². The summed E-state index contributed by atoms with van der Waals surface area (Å²) in [4.78, 5) is 24.5. The van der Waals surface area contributed by atoms with Crippen molar-refractivity contribution in [3.63, 3.8) is 0 Å². The van der Waals surface area contributed by atoms with Crippen LogP contribution in [0.15, 0.2) is 60.8 Å². The minimum Gasteiger partial charge on any atom is -0.482 e. The number of carbonyl (C=O) groups is 2. The fourth-order valence-electron chi connectivity index (χ4n) is 6.80. The normalized spacial score (nSPS) is 26.5. The maximum absolute atomic E-state index is 12.5. The van der Waals surface area contributed by atoms with Crippen LogP contribution in [0.1, 0.15) is 54.1 Å². The zero-order valence-electron chi connectivity index (χ0n) is 19.6. The Labute approximate surface area is 204 Å². The molecule has 4 aliphatic rings. The van der Waals surface area contributed by atoms with Gasteiger partial charge in [-0.15, -0.1) is 5.10 Å². The highest BCUT2D eigenvalue weighted by molar-refractivity contribution is 5.98. The summed E-state index contributed by atoms with van der Waals surface area (Å²) >= 11 is 0. The van der Waals surface area contributed by atoms with Gasteiger partial charge in [-0.05, 0) is 92.2 Å². The minimum absolute atomic E-state index is 0.240. The number of nitrogens with zero attached hydrogens (tertiary/aromatic N) is 3. The number of hydrogen-bond donors (Lipinski definition) is 0. The smallest absolute Gasteiger partial charge is 0.344 e. The lowest BCUT2D eigenvalue weighted by Gasteiger charge is -2.54. The second kappa shape index (κ2) is 9.29. The number of Topliss-reactive ketones (excluding diaryl/α,β-unsaturated/α-hetero) is 1. The van der Waals surface area contributed by atoms with Crippen molar-refractivity contribution in [2.75, 3.05) is 13.2 Å². The molecule has 0 atom stereocenters. The SMILES string of the molecule is O=C(COc1ccccc1)OCC(=O)c1ccc(-n2nncc2C2C3CC4CC(C3)CC2C4)cc1. The molecular formula is C28H29N3O4. The molecule has 4 bridgehead atoms. The molecule has 0 spiro atoms. The van der Waals surface area contributed by atoms with Crippen molar-refractivity contribution in [2.24, 2.45) is 23.7 Å². The van der Waals surface area contributed by atoms with Crippen molar-refractivity contribution in [2.45, 2.75) is 38.0 Å². The molecule has 35 heavy (non-hydrogen) atoms. The van der Waals surface area contributed by atoms with E-state index in [0.29, 0.717) is 17.2 Å². The van der Waals surface area contributed by atoms with E-state index in [4.69, 9.17) is 9.47 Å². The third-order valence-electron chi connectivity index (χ3n) is 8.04. The molecule has 0 aliphatic heterocycles. The van der Waals surface area contributed by atoms with Gasteiger partial charge in [-0.3, -0.25) is 4.79 Å². The Hall–Kier alpha value is -3.48. The van der Waals surface area contributed by atoms with E-state index >= 15 is 0 Å². The molecule has 2 aromatic carbocycles. The average Bonchev–Trinajstić information content (AvgIpc) is 3.35. The second-order valence-electron chi connectivity index (χ2n) is 10.3. The van der Waals surface area contributed by atoms with E-state index in [-0.39, 0.29) is 19.0 Å². The largest absolute Gasteiger partial charge is 0.482 e. The summed E-state index contributed by atoms with van der Waals surface area (Å²) in [5.41, 5.74) is 2.59. The molecule has 3 aromatic rings. The maximum Gasteiger partial charge on any atom is 0.344 e. The van der Waals surface area contributed by atoms with E-state index in [1.54, 1.807) is 24.3 Å². The van der Waals surface area contributed by atoms with Crippen molar-refractivity contribution in [3.05, 3.63) is 72.1 Å². The number of esters is 1. The zero-order chi connectivity index (χ0) is 23.8. The van der Waals surface area contributed by atoms with E-state index in [1.807, 2.05) is 41.2 Å². The van der Waals surface area contributed by atoms with E-state index in [2.05, 4.69) is 10.3 Å². The predicted molar refractivity (Wildman–Crippen MR) is 128 cm³/mol. The van der Waals surface area contributed by atoms with Gasteiger partial charge in [0.1, 0.15) is 5.75 Å². The standard InChI is InChI=1S/C28H29N3O4/c32-26(16-35-27(33)17-34-24-4-2-1-3-5-24)20-6-8-23(9-7-20)31-25(15-29-30-31)28-21-11-18-10-19(13-21)14-22(28)12-18/h1-9,15,18-19,21-22,28H,10-14,16-17H2. The monoisotopic (exact) mass is 471 g/mol. The highest BCUT2D eigenvalue weighted by Crippen LogP contribution is 2.59. The van der Waals surface area contributed by atoms with Gasteiger partial charge in [-0.1, -0.05) is 23.4 Å². The second-order valence-corrected chi connectivity index (χ2v) is 10.3. The number of carbonyl (C=O) groups excluding carboxylic acids is 2. The fraction of sp³-hybridized carbons (Fsp3) is 0.429. The van der Waals surface area contributed by atoms with Crippen molar-refractivity contribution >= 4 is 11.8 Å². The van der Waals surface area contributed by atoms with Gasteiger partial charge in [0.15, 0.2) is 19.0 Å². The molecular weight excluding hydrogens is 442 g/mol. The fourth-order valence-corrected chi connectivity index (χ4v) is 6.80. The van der Waals surface area contributed by atoms with E-state index in [0.717, 1.165) is 29.4 Å². The van der Waals surface area contributed by atoms with Crippen LogP contribution < -0.4 is 4.74 Å². The Bertz CT molecular complexity index is 1180. The highest BCUT2D eigenvalue weighted by Gasteiger charge is 2.49. The summed E-state index contributed by atoms with van der Waals surface area (Å²) in [6.07, 6.45) is 8.72. The van der Waals surface area contributed by atoms with Crippen LogP contribution in [0.25, 0.3) is 5.69 Å². The van der Waals surface area contributed by atoms with Crippen LogP contribution in [-0.4, -0.2) is 40.0 Å². The third-order valence-corrected chi connectivity index (χ3v) is 8.04. The van der Waals surface area contributed by atoms with E-state index < -0.39 is 5.97 Å². The van der Waals surface area contributed by atoms with Gasteiger partial charge in [0.25, 0.3) is 0 Å². The average molecular weight is 472 g/mol. The third kappa shape index (κ3) is 4.47. The summed E-state index contributed by atoms with van der Waals surface area (Å²) in [6.45, 7) is -0.561. The van der Waals surface area contributed by atoms with Crippen LogP contribution in [0.5, 0.6) is 5.75 Å². The predicted octanol–water partition coefficient (Wildman–Crippen LogP) is 4.61. The Balaban J connectivity index is 1.08. The Kier molecular flexibility index (Phi) is 5.84. The molecule has 4 aliphatic carbocycles. The zero-order valence-corrected chi connectivity index (χ0v) is 19.6. The number of ketones is 1. The van der Waals surface area contributed by atoms with Crippen LogP contribution in [0, 0.1) is 23.7 Å². The summed E-state index contributed by atoms with van der Waals surface area (Å²) < 4.78 is 12.4. The molecule has 7 heteroatoms. The molecule has 0 radical (unpaired) electrons. The number of ether oxygens (including phenoxy) is 2. The molecule has 0 saturated heterocycles. The molecule has 0 unspecified atom stereocenters. The first-order valence-corrected chi connectivity index (χ1v) is 12.5. The number of hydrogen-bond acceptors (Lipinski definition) is 6. The lowest BCUT2D eigenvalue weighted by molar-refractivity contribution is -0.144. The number of rotatable bonds is 8. The summed E-state index contributed by atoms with van der Waals surface area (Å²) in [5, 5.41) is 8.65. The first-order valence-electron chi connectivity index (χ1n) is 12.5. The molecule has 0 N–H and O–H groups in total. The minimum atomic E-state index is -0.582. The molecule has 4 fully saturated rings. The van der Waals surface area contributed by atoms with Crippen molar-refractivity contribution < 1.29 is 19.1 Å². The molecule has 7 nitrogen and oxygen atoms in total. The van der Waals surface area contributed by atoms with Gasteiger partial charge in [0, 0.05) is 11.5 Å². The van der Waals surface area contributed by atoms with Crippen LogP contribution in [0.2, 0.25) is 0 Å². The lowest BCUT2D eigenvalue weighted by atomic mass is 9.51. The molecule has 1 aromatic heterocycles. The highest BCUT2D eigenvalue weighted by atomic mass is 16.6. The number of para-hydroxylation sites is 1. The Morgan fingerprint density at radius 1 is 0.857 bits per heavy atom. The topological polar surface area (TPSA) is 83.3 Å². The first-order chi connectivity index (χ1) is 17.1. The van der Waals surface area contributed by atoms with Crippen molar-refractivity contribution in [1.29, 1.82) is 0 Å². The summed E-state index contributed by atoms with van der Waals surface area (Å²) in [5.74, 6) is 3.58. The van der Waals surface area contributed by atoms with Crippen LogP contribution in [0.3, 0.4) is 0 Å². The Morgan fingerprint density at radius 2 is 1.54 bits per heavy atom. The van der Waals surface area contributed by atoms with Crippen molar-refractivity contribution in [3.8, 4) is 11.4 Å². The van der Waals surface area contributed by atoms with E-state index in [1.165, 1.54) is 37.8 Å². The summed E-state index contributed by atoms with van der Waals surface area (Å²) in [7, 11) is 0. The van der Waals surface area contributed by atoms with Crippen LogP contribution in [-0.2, 0) is 9.53 Å². The summed E-state index contributed by atoms with van der Waals surface area (Å²) in [6, 6.07) is 16.3. The van der Waals surface area contributed by atoms with Gasteiger partial charge in [0.05, 0.1) is 17.6 Å². The first kappa shape index (κ1) is 22.0. The Morgan fingerprint density at radius 3 is 2.23 bits per heavy atom. The maximum atomic E-state index is 12.5. The number of benzene rings is 2. The van der Waals surface area contributed by atoms with Gasteiger partial charge in [0.2, 0.25) is 0 Å². The van der Waals surface area contributed by atoms with Crippen molar-refractivity contribution in [1.82, 2.24) is 15.0 Å². The molecule has 180 valence electrons. The van der Waals surface area contributed by atoms with E-state index in [9.17, 15) is 9.59 Å². The molecule has 0 amide bonds. The quantitative estimate of drug-likeness (QED) is 0.352. The van der Waals surface area contributed by atoms with Gasteiger partial charge in [-0.2, -0.15) is 0 Å². The number of aromatic nitrogens is 3. The molecule has 1 heterocycles. The molecule has 7 rings (SSSR count). The van der Waals surface area contributed by atoms with Gasteiger partial charge >= 0.3 is 5.97 Å². The lowest BCUT2D eigenvalue weighted by Crippen LogP contribution is -2.44. The van der Waals surface area contributed by atoms with Gasteiger partial charge in [-0.25, -0.2) is 9.48 Å². The van der Waals surface area contributed by atoms with Crippen LogP contribution in [0.4, 0.5) is 0 Å².